The molecule has 1 aliphatic rings. The number of nitrogens with zero attached hydrogens (tertiary/aromatic N) is 1. The number of hydrogen-bond acceptors (Lipinski definition) is 3. The van der Waals surface area contributed by atoms with Gasteiger partial charge in [0, 0.05) is 6.20 Å². The molecule has 0 aliphatic carbocycles. The van der Waals surface area contributed by atoms with E-state index in [2.05, 4.69) is 4.99 Å². The van der Waals surface area contributed by atoms with E-state index in [4.69, 9.17) is 4.74 Å². The van der Waals surface area contributed by atoms with Crippen molar-refractivity contribution < 1.29 is 31.1 Å². The molecule has 0 aromatic rings. The van der Waals surface area contributed by atoms with Gasteiger partial charge in [-0.3, -0.25) is 0 Å². The fourth-order valence-corrected chi connectivity index (χ4v) is 1.10. The number of halogens is 6. The Bertz CT molecular complexity index is 430. The van der Waals surface area contributed by atoms with Crippen LogP contribution in [0.1, 0.15) is 13.8 Å². The van der Waals surface area contributed by atoms with Crippen molar-refractivity contribution in [2.45, 2.75) is 32.3 Å². The number of nitrogens with one attached hydrogen (secondary N) is 1. The van der Waals surface area contributed by atoms with Crippen molar-refractivity contribution in [3.8, 4) is 0 Å². The Hall–Kier alpha value is -1.67. The molecular formula is C10H10F6N2O. The monoisotopic (exact) mass is 288 g/mol. The molecule has 1 heterocycles. The predicted molar refractivity (Wildman–Crippen MR) is 55.1 cm³/mol. The molecular weight excluding hydrogens is 278 g/mol. The van der Waals surface area contributed by atoms with E-state index in [1.165, 1.54) is 13.8 Å². The van der Waals surface area contributed by atoms with Crippen molar-refractivity contribution in [3.05, 3.63) is 23.5 Å². The molecule has 0 atom stereocenters. The van der Waals surface area contributed by atoms with Gasteiger partial charge in [0.25, 0.3) is 6.02 Å². The van der Waals surface area contributed by atoms with E-state index in [-0.39, 0.29) is 12.3 Å². The zero-order valence-corrected chi connectivity index (χ0v) is 9.86. The van der Waals surface area contributed by atoms with Crippen LogP contribution in [-0.2, 0) is 4.74 Å². The van der Waals surface area contributed by atoms with E-state index in [9.17, 15) is 26.3 Å². The maximum atomic E-state index is 12.6. The van der Waals surface area contributed by atoms with Gasteiger partial charge in [-0.15, -0.1) is 0 Å². The molecule has 0 unspecified atom stereocenters. The number of amidine groups is 1. The van der Waals surface area contributed by atoms with Gasteiger partial charge in [-0.2, -0.15) is 26.3 Å². The molecule has 0 amide bonds. The molecule has 0 spiro atoms. The molecule has 0 aromatic heterocycles. The summed E-state index contributed by atoms with van der Waals surface area (Å²) in [5.74, 6) is 0. The largest absolute Gasteiger partial charge is 0.462 e. The summed E-state index contributed by atoms with van der Waals surface area (Å²) in [5, 5.41) is 1.70. The zero-order valence-electron chi connectivity index (χ0n) is 9.86. The summed E-state index contributed by atoms with van der Waals surface area (Å²) < 4.78 is 79.9. The first-order chi connectivity index (χ1) is 8.50. The maximum Gasteiger partial charge on any atom is 0.431 e. The topological polar surface area (TPSA) is 33.6 Å². The first kappa shape index (κ1) is 15.4. The van der Waals surface area contributed by atoms with Gasteiger partial charge in [0.05, 0.1) is 11.7 Å². The van der Waals surface area contributed by atoms with Crippen LogP contribution in [0.4, 0.5) is 26.3 Å². The molecule has 0 saturated carbocycles. The van der Waals surface area contributed by atoms with Gasteiger partial charge in [0.2, 0.25) is 0 Å². The van der Waals surface area contributed by atoms with Crippen molar-refractivity contribution in [2.75, 3.05) is 0 Å². The standard InChI is InChI=1S/C10H10F6N2O/c1-5(2)19-8-17-4-6(9(11,12)13)3-7(18-8)10(14,15)16/h3-5H,1-2H3,(H,17,18). The molecule has 3 nitrogen and oxygen atoms in total. The molecule has 1 rings (SSSR count). The minimum absolute atomic E-state index is 0.0554. The van der Waals surface area contributed by atoms with E-state index < -0.39 is 35.7 Å². The first-order valence-electron chi connectivity index (χ1n) is 5.08. The van der Waals surface area contributed by atoms with Gasteiger partial charge in [-0.05, 0) is 19.9 Å². The Labute approximate surface area is 104 Å². The molecule has 9 heteroatoms. The summed E-state index contributed by atoms with van der Waals surface area (Å²) in [4.78, 5) is 3.22. The quantitative estimate of drug-likeness (QED) is 0.751. The number of alkyl halides is 6. The Morgan fingerprint density at radius 2 is 1.68 bits per heavy atom. The highest BCUT2D eigenvalue weighted by Gasteiger charge is 2.40. The number of allylic oxidation sites excluding steroid dienone is 3. The van der Waals surface area contributed by atoms with E-state index in [1.54, 1.807) is 5.32 Å². The van der Waals surface area contributed by atoms with Crippen LogP contribution in [0.5, 0.6) is 0 Å². The third-order valence-corrected chi connectivity index (χ3v) is 1.84. The smallest absolute Gasteiger partial charge is 0.431 e. The summed E-state index contributed by atoms with van der Waals surface area (Å²) in [6.07, 6.45) is -10.2. The van der Waals surface area contributed by atoms with E-state index >= 15 is 0 Å². The molecule has 0 aromatic carbocycles. The van der Waals surface area contributed by atoms with Crippen molar-refractivity contribution in [2.24, 2.45) is 4.99 Å². The molecule has 1 aliphatic heterocycles. The highest BCUT2D eigenvalue weighted by atomic mass is 19.4. The minimum atomic E-state index is -4.98. The summed E-state index contributed by atoms with van der Waals surface area (Å²) in [5.41, 5.74) is -3.11. The normalized spacial score (nSPS) is 17.2. The summed E-state index contributed by atoms with van der Waals surface area (Å²) in [7, 11) is 0. The lowest BCUT2D eigenvalue weighted by molar-refractivity contribution is -0.0983. The van der Waals surface area contributed by atoms with Gasteiger partial charge >= 0.3 is 12.4 Å². The molecule has 108 valence electrons. The third-order valence-electron chi connectivity index (χ3n) is 1.84. The van der Waals surface area contributed by atoms with Crippen LogP contribution in [-0.4, -0.2) is 24.5 Å². The third kappa shape index (κ3) is 4.49. The average molecular weight is 288 g/mol. The molecule has 0 saturated heterocycles. The fourth-order valence-electron chi connectivity index (χ4n) is 1.10. The van der Waals surface area contributed by atoms with Crippen molar-refractivity contribution in [1.29, 1.82) is 0 Å². The predicted octanol–water partition coefficient (Wildman–Crippen LogP) is 3.26. The molecule has 0 fully saturated rings. The fraction of sp³-hybridized carbons (Fsp3) is 0.500. The lowest BCUT2D eigenvalue weighted by atomic mass is 10.2. The molecule has 0 radical (unpaired) electrons. The lowest BCUT2D eigenvalue weighted by Gasteiger charge is -2.16. The number of aliphatic imine (C=N–C) groups is 1. The van der Waals surface area contributed by atoms with Crippen molar-refractivity contribution in [1.82, 2.24) is 5.32 Å². The second kappa shape index (κ2) is 5.14. The van der Waals surface area contributed by atoms with Crippen LogP contribution >= 0.6 is 0 Å². The van der Waals surface area contributed by atoms with E-state index in [0.717, 1.165) is 0 Å². The number of rotatable bonds is 1. The van der Waals surface area contributed by atoms with Gasteiger partial charge in [-0.25, -0.2) is 4.99 Å². The molecule has 1 N–H and O–H groups in total. The van der Waals surface area contributed by atoms with Gasteiger partial charge < -0.3 is 10.1 Å². The second-order valence-corrected chi connectivity index (χ2v) is 3.86. The number of hydrogen-bond donors (Lipinski definition) is 1. The Kier molecular flexibility index (Phi) is 4.16. The number of ether oxygens (including phenoxy) is 1. The van der Waals surface area contributed by atoms with E-state index in [0.29, 0.717) is 0 Å². The highest BCUT2D eigenvalue weighted by Crippen LogP contribution is 2.32. The molecule has 19 heavy (non-hydrogen) atoms. The highest BCUT2D eigenvalue weighted by molar-refractivity contribution is 5.77. The lowest BCUT2D eigenvalue weighted by Crippen LogP contribution is -2.34. The zero-order chi connectivity index (χ0) is 14.8. The first-order valence-corrected chi connectivity index (χ1v) is 5.08. The van der Waals surface area contributed by atoms with Crippen LogP contribution in [0.25, 0.3) is 0 Å². The Balaban J connectivity index is 3.18. The summed E-state index contributed by atoms with van der Waals surface area (Å²) in [6.45, 7) is 3.00. The van der Waals surface area contributed by atoms with Crippen molar-refractivity contribution >= 4 is 6.02 Å². The minimum Gasteiger partial charge on any atom is -0.462 e. The van der Waals surface area contributed by atoms with Gasteiger partial charge in [0.15, 0.2) is 0 Å². The molecule has 0 bridgehead atoms. The van der Waals surface area contributed by atoms with Gasteiger partial charge in [0.1, 0.15) is 5.70 Å². The summed E-state index contributed by atoms with van der Waals surface area (Å²) >= 11 is 0. The van der Waals surface area contributed by atoms with Crippen LogP contribution < -0.4 is 5.32 Å². The second-order valence-electron chi connectivity index (χ2n) is 3.86. The average Bonchev–Trinajstić information content (AvgIpc) is 2.37. The van der Waals surface area contributed by atoms with Crippen molar-refractivity contribution in [3.63, 3.8) is 0 Å². The van der Waals surface area contributed by atoms with Crippen LogP contribution in [0.15, 0.2) is 28.5 Å². The SMILES string of the molecule is CC(C)OC1=NC=C(C(F)(F)F)C=C(C(F)(F)F)N1. The maximum absolute atomic E-state index is 12.6. The summed E-state index contributed by atoms with van der Waals surface area (Å²) in [6, 6.07) is -0.641. The van der Waals surface area contributed by atoms with Crippen LogP contribution in [0.3, 0.4) is 0 Å². The van der Waals surface area contributed by atoms with Crippen LogP contribution in [0, 0.1) is 0 Å². The Morgan fingerprint density at radius 3 is 2.11 bits per heavy atom. The van der Waals surface area contributed by atoms with Gasteiger partial charge in [-0.1, -0.05) is 0 Å². The van der Waals surface area contributed by atoms with E-state index in [1.807, 2.05) is 0 Å². The van der Waals surface area contributed by atoms with Crippen LogP contribution in [0.2, 0.25) is 0 Å². The Morgan fingerprint density at radius 1 is 1.11 bits per heavy atom.